The summed E-state index contributed by atoms with van der Waals surface area (Å²) in [6.07, 6.45) is 0.607. The minimum atomic E-state index is -0.553. The van der Waals surface area contributed by atoms with Crippen LogP contribution in [0.5, 0.6) is 0 Å². The van der Waals surface area contributed by atoms with Crippen molar-refractivity contribution in [2.24, 2.45) is 0 Å². The molecule has 6 nitrogen and oxygen atoms in total. The Morgan fingerprint density at radius 3 is 2.57 bits per heavy atom. The molecule has 1 aromatic heterocycles. The van der Waals surface area contributed by atoms with Gasteiger partial charge in [0.05, 0.1) is 15.9 Å². The molecule has 0 spiro atoms. The van der Waals surface area contributed by atoms with Crippen LogP contribution in [0.2, 0.25) is 5.02 Å². The first-order valence-corrected chi connectivity index (χ1v) is 10.3. The highest BCUT2D eigenvalue weighted by atomic mass is 35.5. The largest absolute Gasteiger partial charge is 0.444 e. The molecular weight excluding hydrogens is 402 g/mol. The molecule has 0 saturated carbocycles. The van der Waals surface area contributed by atoms with Crippen molar-refractivity contribution in [1.29, 1.82) is 0 Å². The Bertz CT molecular complexity index is 1090. The lowest BCUT2D eigenvalue weighted by Crippen LogP contribution is -2.34. The minimum Gasteiger partial charge on any atom is -0.444 e. The van der Waals surface area contributed by atoms with Crippen molar-refractivity contribution >= 4 is 28.6 Å². The van der Waals surface area contributed by atoms with E-state index in [4.69, 9.17) is 21.3 Å². The second kappa shape index (κ2) is 9.30. The molecule has 0 unspecified atom stereocenters. The lowest BCUT2D eigenvalue weighted by atomic mass is 10.1. The van der Waals surface area contributed by atoms with Gasteiger partial charge < -0.3 is 10.1 Å². The number of aromatic nitrogens is 2. The maximum atomic E-state index is 13.2. The molecule has 1 N–H and O–H groups in total. The van der Waals surface area contributed by atoms with Gasteiger partial charge in [-0.3, -0.25) is 9.36 Å². The van der Waals surface area contributed by atoms with Crippen LogP contribution in [-0.4, -0.2) is 27.8 Å². The molecule has 7 heteroatoms. The molecular formula is C23H26ClN3O3. The summed E-state index contributed by atoms with van der Waals surface area (Å²) in [5.74, 6) is 0.665. The molecule has 0 atom stereocenters. The quantitative estimate of drug-likeness (QED) is 0.585. The molecule has 0 saturated heterocycles. The first-order valence-electron chi connectivity index (χ1n) is 9.93. The second-order valence-corrected chi connectivity index (χ2v) is 8.47. The molecule has 158 valence electrons. The van der Waals surface area contributed by atoms with Gasteiger partial charge in [0.1, 0.15) is 11.4 Å². The van der Waals surface area contributed by atoms with E-state index in [2.05, 4.69) is 5.32 Å². The fraction of sp³-hybridized carbons (Fsp3) is 0.348. The van der Waals surface area contributed by atoms with E-state index in [0.29, 0.717) is 47.7 Å². The Morgan fingerprint density at radius 2 is 1.87 bits per heavy atom. The number of nitrogens with zero attached hydrogens (tertiary/aromatic N) is 2. The van der Waals surface area contributed by atoms with Crippen LogP contribution in [0.15, 0.2) is 53.3 Å². The maximum Gasteiger partial charge on any atom is 0.407 e. The summed E-state index contributed by atoms with van der Waals surface area (Å²) in [6, 6.07) is 15.2. The smallest absolute Gasteiger partial charge is 0.407 e. The van der Waals surface area contributed by atoms with Crippen molar-refractivity contribution in [3.8, 4) is 0 Å². The number of fused-ring (bicyclic) bond motifs is 1. The van der Waals surface area contributed by atoms with Crippen molar-refractivity contribution in [3.63, 3.8) is 0 Å². The third kappa shape index (κ3) is 5.60. The zero-order chi connectivity index (χ0) is 21.7. The van der Waals surface area contributed by atoms with Crippen LogP contribution in [0.25, 0.3) is 10.9 Å². The topological polar surface area (TPSA) is 73.2 Å². The summed E-state index contributed by atoms with van der Waals surface area (Å²) in [5, 5.41) is 3.52. The Hall–Kier alpha value is -2.86. The van der Waals surface area contributed by atoms with Gasteiger partial charge in [-0.15, -0.1) is 0 Å². The molecule has 0 radical (unpaired) electrons. The molecule has 2 aromatic carbocycles. The van der Waals surface area contributed by atoms with Gasteiger partial charge in [0.25, 0.3) is 5.56 Å². The zero-order valence-electron chi connectivity index (χ0n) is 17.4. The number of alkyl carbamates (subject to hydrolysis) is 1. The number of amides is 1. The standard InChI is InChI=1S/C23H26ClN3O3/c1-23(2,3)30-22(29)25-13-8-14-27-19(15-16-9-5-4-6-10-16)26-18-12-7-11-17(24)20(18)21(27)28/h4-7,9-12H,8,13-15H2,1-3H3,(H,25,29). The lowest BCUT2D eigenvalue weighted by Gasteiger charge is -2.20. The summed E-state index contributed by atoms with van der Waals surface area (Å²) < 4.78 is 6.89. The van der Waals surface area contributed by atoms with Gasteiger partial charge in [-0.05, 0) is 44.9 Å². The van der Waals surface area contributed by atoms with Crippen LogP contribution in [0.3, 0.4) is 0 Å². The number of nitrogens with one attached hydrogen (secondary N) is 1. The Labute approximate surface area is 180 Å². The van der Waals surface area contributed by atoms with Crippen molar-refractivity contribution < 1.29 is 9.53 Å². The molecule has 3 aromatic rings. The van der Waals surface area contributed by atoms with Crippen molar-refractivity contribution in [2.45, 2.75) is 45.8 Å². The second-order valence-electron chi connectivity index (χ2n) is 8.06. The number of carbonyl (C=O) groups is 1. The normalized spacial score (nSPS) is 11.5. The predicted molar refractivity (Wildman–Crippen MR) is 119 cm³/mol. The molecule has 0 bridgehead atoms. The third-order valence-electron chi connectivity index (χ3n) is 4.44. The van der Waals surface area contributed by atoms with Gasteiger partial charge in [-0.25, -0.2) is 9.78 Å². The Morgan fingerprint density at radius 1 is 1.13 bits per heavy atom. The van der Waals surface area contributed by atoms with E-state index in [1.165, 1.54) is 0 Å². The number of hydrogen-bond acceptors (Lipinski definition) is 4. The number of hydrogen-bond donors (Lipinski definition) is 1. The molecule has 1 heterocycles. The van der Waals surface area contributed by atoms with Crippen molar-refractivity contribution in [2.75, 3.05) is 6.54 Å². The first-order chi connectivity index (χ1) is 14.2. The first kappa shape index (κ1) is 21.8. The fourth-order valence-electron chi connectivity index (χ4n) is 3.16. The van der Waals surface area contributed by atoms with Crippen LogP contribution >= 0.6 is 11.6 Å². The monoisotopic (exact) mass is 427 g/mol. The van der Waals surface area contributed by atoms with Crippen molar-refractivity contribution in [1.82, 2.24) is 14.9 Å². The van der Waals surface area contributed by atoms with E-state index in [0.717, 1.165) is 5.56 Å². The highest BCUT2D eigenvalue weighted by Gasteiger charge is 2.16. The van der Waals surface area contributed by atoms with Gasteiger partial charge in [0, 0.05) is 19.5 Å². The molecule has 0 aliphatic rings. The van der Waals surface area contributed by atoms with E-state index in [1.807, 2.05) is 51.1 Å². The van der Waals surface area contributed by atoms with Gasteiger partial charge in [-0.1, -0.05) is 48.0 Å². The number of ether oxygens (including phenoxy) is 1. The fourth-order valence-corrected chi connectivity index (χ4v) is 3.41. The van der Waals surface area contributed by atoms with Gasteiger partial charge >= 0.3 is 6.09 Å². The van der Waals surface area contributed by atoms with Gasteiger partial charge in [0.15, 0.2) is 0 Å². The Balaban J connectivity index is 1.83. The SMILES string of the molecule is CC(C)(C)OC(=O)NCCCn1c(Cc2ccccc2)nc2cccc(Cl)c2c1=O. The number of carbonyl (C=O) groups excluding carboxylic acids is 1. The van der Waals surface area contributed by atoms with Crippen LogP contribution in [0, 0.1) is 0 Å². The van der Waals surface area contributed by atoms with E-state index < -0.39 is 11.7 Å². The summed E-state index contributed by atoms with van der Waals surface area (Å²) in [6.45, 7) is 6.23. The lowest BCUT2D eigenvalue weighted by molar-refractivity contribution is 0.0526. The predicted octanol–water partition coefficient (Wildman–Crippen LogP) is 4.56. The van der Waals surface area contributed by atoms with Crippen LogP contribution in [0.1, 0.15) is 38.6 Å². The van der Waals surface area contributed by atoms with Crippen molar-refractivity contribution in [3.05, 3.63) is 75.3 Å². The number of benzene rings is 2. The van der Waals surface area contributed by atoms with E-state index in [-0.39, 0.29) is 5.56 Å². The zero-order valence-corrected chi connectivity index (χ0v) is 18.2. The molecule has 1 amide bonds. The summed E-state index contributed by atoms with van der Waals surface area (Å²) in [7, 11) is 0. The van der Waals surface area contributed by atoms with Crippen LogP contribution in [-0.2, 0) is 17.7 Å². The highest BCUT2D eigenvalue weighted by molar-refractivity contribution is 6.35. The number of rotatable bonds is 6. The van der Waals surface area contributed by atoms with Crippen LogP contribution < -0.4 is 10.9 Å². The average Bonchev–Trinajstić information content (AvgIpc) is 2.66. The summed E-state index contributed by atoms with van der Waals surface area (Å²) in [4.78, 5) is 29.8. The highest BCUT2D eigenvalue weighted by Crippen LogP contribution is 2.20. The molecule has 30 heavy (non-hydrogen) atoms. The Kier molecular flexibility index (Phi) is 6.77. The molecule has 3 rings (SSSR count). The van der Waals surface area contributed by atoms with Gasteiger partial charge in [0.2, 0.25) is 0 Å². The van der Waals surface area contributed by atoms with E-state index >= 15 is 0 Å². The molecule has 0 fully saturated rings. The van der Waals surface area contributed by atoms with Gasteiger partial charge in [-0.2, -0.15) is 0 Å². The summed E-state index contributed by atoms with van der Waals surface area (Å²) in [5.41, 5.74) is 0.921. The van der Waals surface area contributed by atoms with E-state index in [9.17, 15) is 9.59 Å². The van der Waals surface area contributed by atoms with Crippen LogP contribution in [0.4, 0.5) is 4.79 Å². The number of halogens is 1. The van der Waals surface area contributed by atoms with E-state index in [1.54, 1.807) is 22.8 Å². The molecule has 0 aliphatic heterocycles. The third-order valence-corrected chi connectivity index (χ3v) is 4.76. The molecule has 0 aliphatic carbocycles. The summed E-state index contributed by atoms with van der Waals surface area (Å²) >= 11 is 6.28. The maximum absolute atomic E-state index is 13.2. The minimum absolute atomic E-state index is 0.172. The average molecular weight is 428 g/mol.